The highest BCUT2D eigenvalue weighted by Gasteiger charge is 2.75. The van der Waals surface area contributed by atoms with Crippen LogP contribution in [0, 0.1) is 0 Å². The lowest BCUT2D eigenvalue weighted by atomic mass is 10.1. The second-order valence-corrected chi connectivity index (χ2v) is 6.11. The molecule has 0 saturated carbocycles. The highest BCUT2D eigenvalue weighted by Crippen LogP contribution is 2.49. The van der Waals surface area contributed by atoms with Crippen molar-refractivity contribution in [3.8, 4) is 0 Å². The number of carbonyl (C=O) groups excluding carboxylic acids is 1. The number of likely N-dealkylation sites (tertiary alicyclic amines) is 1. The average Bonchev–Trinajstić information content (AvgIpc) is 2.87. The number of hydrogen-bond acceptors (Lipinski definition) is 4. The lowest BCUT2D eigenvalue weighted by Crippen LogP contribution is -2.62. The third-order valence-electron chi connectivity index (χ3n) is 4.01. The number of nitrogens with zero attached hydrogens (tertiary/aromatic N) is 1. The van der Waals surface area contributed by atoms with Crippen LogP contribution in [0.15, 0.2) is 30.3 Å². The maximum absolute atomic E-state index is 13.6. The Kier molecular flexibility index (Phi) is 3.48. The van der Waals surface area contributed by atoms with Crippen LogP contribution in [0.5, 0.6) is 0 Å². The Hall–Kier alpha value is -1.64. The predicted molar refractivity (Wildman–Crippen MR) is 71.8 cm³/mol. The van der Waals surface area contributed by atoms with Gasteiger partial charge < -0.3 is 14.6 Å². The van der Waals surface area contributed by atoms with Crippen LogP contribution in [-0.4, -0.2) is 45.8 Å². The van der Waals surface area contributed by atoms with E-state index in [1.54, 1.807) is 30.3 Å². The molecule has 0 radical (unpaired) electrons. The molecule has 1 N–H and O–H groups in total. The van der Waals surface area contributed by atoms with Gasteiger partial charge in [-0.25, -0.2) is 0 Å². The minimum atomic E-state index is -5.08. The largest absolute Gasteiger partial charge is 0.439 e. The minimum Gasteiger partial charge on any atom is -0.361 e. The number of amides is 1. The van der Waals surface area contributed by atoms with E-state index in [1.807, 2.05) is 0 Å². The van der Waals surface area contributed by atoms with E-state index in [0.717, 1.165) is 0 Å². The van der Waals surface area contributed by atoms with Crippen LogP contribution >= 0.6 is 0 Å². The topological polar surface area (TPSA) is 59.0 Å². The molecule has 3 atom stereocenters. The monoisotopic (exact) mass is 331 g/mol. The van der Waals surface area contributed by atoms with E-state index >= 15 is 0 Å². The van der Waals surface area contributed by atoms with Crippen molar-refractivity contribution < 1.29 is 32.5 Å². The third-order valence-corrected chi connectivity index (χ3v) is 4.01. The normalized spacial score (nSPS) is 33.1. The summed E-state index contributed by atoms with van der Waals surface area (Å²) >= 11 is 0. The van der Waals surface area contributed by atoms with E-state index in [0.29, 0.717) is 10.5 Å². The summed E-state index contributed by atoms with van der Waals surface area (Å²) in [5, 5.41) is 10.4. The molecular weight excluding hydrogens is 315 g/mol. The van der Waals surface area contributed by atoms with Gasteiger partial charge in [-0.3, -0.25) is 9.69 Å². The Morgan fingerprint density at radius 3 is 2.39 bits per heavy atom. The molecule has 1 amide bonds. The number of carbonyl (C=O) groups is 1. The van der Waals surface area contributed by atoms with Gasteiger partial charge in [-0.15, -0.1) is 0 Å². The van der Waals surface area contributed by atoms with Gasteiger partial charge in [0.05, 0.1) is 0 Å². The molecule has 0 bridgehead atoms. The zero-order valence-electron chi connectivity index (χ0n) is 12.5. The van der Waals surface area contributed by atoms with Gasteiger partial charge in [0.1, 0.15) is 0 Å². The molecule has 2 saturated heterocycles. The molecule has 0 aromatic heterocycles. The van der Waals surface area contributed by atoms with Gasteiger partial charge in [-0.05, 0) is 19.4 Å². The molecule has 0 spiro atoms. The molecule has 0 aliphatic carbocycles. The fraction of sp³-hybridized carbons (Fsp3) is 0.533. The summed E-state index contributed by atoms with van der Waals surface area (Å²) in [4.78, 5) is 12.8. The van der Waals surface area contributed by atoms with Crippen molar-refractivity contribution >= 4 is 5.91 Å². The fourth-order valence-electron chi connectivity index (χ4n) is 2.99. The van der Waals surface area contributed by atoms with Gasteiger partial charge in [0.2, 0.25) is 0 Å². The molecule has 23 heavy (non-hydrogen) atoms. The Balaban J connectivity index is 2.00. The highest BCUT2D eigenvalue weighted by atomic mass is 19.4. The van der Waals surface area contributed by atoms with Gasteiger partial charge >= 0.3 is 6.18 Å². The minimum absolute atomic E-state index is 0.382. The summed E-state index contributed by atoms with van der Waals surface area (Å²) < 4.78 is 51.2. The van der Waals surface area contributed by atoms with Gasteiger partial charge in [0.25, 0.3) is 11.6 Å². The van der Waals surface area contributed by atoms with Crippen molar-refractivity contribution in [2.75, 3.05) is 0 Å². The van der Waals surface area contributed by atoms with Crippen LogP contribution in [0.3, 0.4) is 0 Å². The third kappa shape index (κ3) is 2.41. The second kappa shape index (κ2) is 4.93. The lowest BCUT2D eigenvalue weighted by molar-refractivity contribution is -0.337. The summed E-state index contributed by atoms with van der Waals surface area (Å²) in [6, 6.07) is 8.13. The van der Waals surface area contributed by atoms with E-state index < -0.39 is 42.3 Å². The summed E-state index contributed by atoms with van der Waals surface area (Å²) in [7, 11) is 0. The highest BCUT2D eigenvalue weighted by molar-refractivity contribution is 5.86. The molecule has 8 heteroatoms. The predicted octanol–water partition coefficient (Wildman–Crippen LogP) is 1.80. The molecule has 3 rings (SSSR count). The summed E-state index contributed by atoms with van der Waals surface area (Å²) in [6.45, 7) is 2.41. The first-order valence-electron chi connectivity index (χ1n) is 7.06. The first-order chi connectivity index (χ1) is 10.6. The number of rotatable bonds is 2. The summed E-state index contributed by atoms with van der Waals surface area (Å²) in [5.74, 6) is -2.31. The van der Waals surface area contributed by atoms with E-state index in [9.17, 15) is 23.1 Å². The van der Waals surface area contributed by atoms with Crippen LogP contribution in [0.25, 0.3) is 0 Å². The zero-order chi connectivity index (χ0) is 17.0. The smallest absolute Gasteiger partial charge is 0.361 e. The van der Waals surface area contributed by atoms with Crippen molar-refractivity contribution in [2.45, 2.75) is 50.3 Å². The molecule has 0 unspecified atom stereocenters. The van der Waals surface area contributed by atoms with E-state index in [4.69, 9.17) is 9.47 Å². The number of alkyl halides is 3. The number of halogens is 3. The van der Waals surface area contributed by atoms with Crippen molar-refractivity contribution in [1.82, 2.24) is 4.90 Å². The maximum Gasteiger partial charge on any atom is 0.439 e. The molecule has 2 aliphatic rings. The van der Waals surface area contributed by atoms with Crippen LogP contribution in [0.2, 0.25) is 0 Å². The first kappa shape index (κ1) is 16.2. The zero-order valence-corrected chi connectivity index (χ0v) is 12.5. The molecule has 126 valence electrons. The molecule has 2 aliphatic heterocycles. The molecule has 1 aromatic rings. The Bertz CT molecular complexity index is 619. The number of fused-ring (bicyclic) bond motifs is 1. The lowest BCUT2D eigenvalue weighted by Gasteiger charge is -2.38. The van der Waals surface area contributed by atoms with E-state index in [-0.39, 0.29) is 0 Å². The van der Waals surface area contributed by atoms with Crippen LogP contribution < -0.4 is 0 Å². The SMILES string of the molecule is CC1(C)O[C@H]2C(=O)N(Cc3ccccc3)[C@](O)(C(F)(F)F)[C@H]2O1. The molecule has 2 fully saturated rings. The van der Waals surface area contributed by atoms with Crippen LogP contribution in [0.1, 0.15) is 19.4 Å². The van der Waals surface area contributed by atoms with Crippen molar-refractivity contribution in [1.29, 1.82) is 0 Å². The fourth-order valence-corrected chi connectivity index (χ4v) is 2.99. The number of ether oxygens (including phenoxy) is 2. The number of aliphatic hydroxyl groups is 1. The van der Waals surface area contributed by atoms with Crippen LogP contribution in [0.4, 0.5) is 13.2 Å². The first-order valence-corrected chi connectivity index (χ1v) is 7.06. The molecule has 1 aromatic carbocycles. The van der Waals surface area contributed by atoms with Crippen molar-refractivity contribution in [3.63, 3.8) is 0 Å². The van der Waals surface area contributed by atoms with Gasteiger partial charge in [0, 0.05) is 6.54 Å². The van der Waals surface area contributed by atoms with Crippen molar-refractivity contribution in [3.05, 3.63) is 35.9 Å². The summed E-state index contributed by atoms with van der Waals surface area (Å²) in [5.41, 5.74) is -2.97. The van der Waals surface area contributed by atoms with E-state index in [2.05, 4.69) is 0 Å². The molecule has 2 heterocycles. The van der Waals surface area contributed by atoms with Crippen molar-refractivity contribution in [2.24, 2.45) is 0 Å². The summed E-state index contributed by atoms with van der Waals surface area (Å²) in [6.07, 6.45) is -8.39. The van der Waals surface area contributed by atoms with Crippen LogP contribution in [-0.2, 0) is 20.8 Å². The van der Waals surface area contributed by atoms with Gasteiger partial charge in [0.15, 0.2) is 18.0 Å². The molecule has 5 nitrogen and oxygen atoms in total. The number of hydrogen-bond donors (Lipinski definition) is 1. The Morgan fingerprint density at radius 2 is 1.83 bits per heavy atom. The van der Waals surface area contributed by atoms with Gasteiger partial charge in [-0.2, -0.15) is 13.2 Å². The molecular formula is C15H16F3NO4. The average molecular weight is 331 g/mol. The maximum atomic E-state index is 13.6. The van der Waals surface area contributed by atoms with Gasteiger partial charge in [-0.1, -0.05) is 30.3 Å². The Labute approximate surface area is 130 Å². The quantitative estimate of drug-likeness (QED) is 0.898. The van der Waals surface area contributed by atoms with E-state index in [1.165, 1.54) is 13.8 Å². The number of benzene rings is 1. The second-order valence-electron chi connectivity index (χ2n) is 6.11. The Morgan fingerprint density at radius 1 is 1.22 bits per heavy atom. The standard InChI is InChI=1S/C15H16F3NO4/c1-13(2)22-10-11(23-13)14(21,15(16,17)18)19(12(10)20)8-9-6-4-3-5-7-9/h3-7,10-11,21H,8H2,1-2H3/t10-,11+,14-/m1/s1.